The van der Waals surface area contributed by atoms with E-state index in [0.29, 0.717) is 5.69 Å². The Morgan fingerprint density at radius 3 is 2.40 bits per heavy atom. The number of halogens is 1. The summed E-state index contributed by atoms with van der Waals surface area (Å²) in [4.78, 5) is 28.4. The highest BCUT2D eigenvalue weighted by Crippen LogP contribution is 2.16. The Bertz CT molecular complexity index is 631. The molecule has 1 aromatic heterocycles. The number of amides is 1. The van der Waals surface area contributed by atoms with Crippen LogP contribution in [0, 0.1) is 0 Å². The first-order chi connectivity index (χ1) is 9.58. The minimum absolute atomic E-state index is 0.0996. The van der Waals surface area contributed by atoms with E-state index < -0.39 is 18.4 Å². The highest BCUT2D eigenvalue weighted by atomic mass is 35.5. The average molecular weight is 291 g/mol. The predicted octanol–water partition coefficient (Wildman–Crippen LogP) is 2.47. The summed E-state index contributed by atoms with van der Waals surface area (Å²) in [6.07, 6.45) is 0. The number of hydrogen-bond acceptors (Lipinski definition) is 3. The Balaban J connectivity index is 2.36. The molecule has 1 aromatic carbocycles. The second kappa shape index (κ2) is 6.16. The molecule has 0 fully saturated rings. The highest BCUT2D eigenvalue weighted by Gasteiger charge is 2.21. The number of para-hydroxylation sites is 1. The average Bonchev–Trinajstić information content (AvgIpc) is 2.45. The topological polar surface area (TPSA) is 70.5 Å². The van der Waals surface area contributed by atoms with Gasteiger partial charge in [-0.1, -0.05) is 35.9 Å². The van der Waals surface area contributed by atoms with E-state index in [4.69, 9.17) is 16.7 Å². The van der Waals surface area contributed by atoms with E-state index in [2.05, 4.69) is 4.98 Å². The molecular weight excluding hydrogens is 280 g/mol. The van der Waals surface area contributed by atoms with Crippen LogP contribution in [0.4, 0.5) is 5.69 Å². The Hall–Kier alpha value is -2.40. The van der Waals surface area contributed by atoms with Crippen LogP contribution in [0.3, 0.4) is 0 Å². The molecule has 0 aliphatic rings. The van der Waals surface area contributed by atoms with Crippen LogP contribution in [0.25, 0.3) is 0 Å². The third kappa shape index (κ3) is 3.33. The highest BCUT2D eigenvalue weighted by molar-refractivity contribution is 6.29. The molecule has 6 heteroatoms. The van der Waals surface area contributed by atoms with E-state index >= 15 is 0 Å². The summed E-state index contributed by atoms with van der Waals surface area (Å²) in [5.74, 6) is -1.62. The molecule has 0 aliphatic heterocycles. The number of nitrogens with zero attached hydrogens (tertiary/aromatic N) is 2. The van der Waals surface area contributed by atoms with Crippen molar-refractivity contribution in [2.45, 2.75) is 0 Å². The predicted molar refractivity (Wildman–Crippen MR) is 75.0 cm³/mol. The zero-order chi connectivity index (χ0) is 14.5. The van der Waals surface area contributed by atoms with Gasteiger partial charge in [0.2, 0.25) is 0 Å². The molecule has 2 aromatic rings. The molecule has 0 aliphatic carbocycles. The number of carbonyl (C=O) groups excluding carboxylic acids is 1. The van der Waals surface area contributed by atoms with Gasteiger partial charge < -0.3 is 5.11 Å². The maximum Gasteiger partial charge on any atom is 0.323 e. The van der Waals surface area contributed by atoms with E-state index in [1.54, 1.807) is 42.5 Å². The number of aromatic nitrogens is 1. The van der Waals surface area contributed by atoms with Crippen molar-refractivity contribution < 1.29 is 14.7 Å². The normalized spacial score (nSPS) is 10.1. The van der Waals surface area contributed by atoms with Crippen molar-refractivity contribution in [3.8, 4) is 0 Å². The third-order valence-electron chi connectivity index (χ3n) is 2.54. The molecule has 0 saturated heterocycles. The smallest absolute Gasteiger partial charge is 0.323 e. The maximum absolute atomic E-state index is 12.4. The maximum atomic E-state index is 12.4. The molecule has 5 nitrogen and oxygen atoms in total. The number of aliphatic carboxylic acids is 1. The van der Waals surface area contributed by atoms with Crippen molar-refractivity contribution in [2.75, 3.05) is 11.4 Å². The molecule has 102 valence electrons. The number of benzene rings is 1. The molecule has 1 heterocycles. The SMILES string of the molecule is O=C(O)CN(C(=O)c1cccc(Cl)n1)c1ccccc1. The fraction of sp³-hybridized carbons (Fsp3) is 0.0714. The van der Waals surface area contributed by atoms with Gasteiger partial charge in [-0.3, -0.25) is 14.5 Å². The summed E-state index contributed by atoms with van der Waals surface area (Å²) in [6, 6.07) is 13.2. The van der Waals surface area contributed by atoms with E-state index in [9.17, 15) is 9.59 Å². The zero-order valence-electron chi connectivity index (χ0n) is 10.4. The van der Waals surface area contributed by atoms with Gasteiger partial charge in [0.15, 0.2) is 0 Å². The van der Waals surface area contributed by atoms with E-state index in [1.807, 2.05) is 0 Å². The zero-order valence-corrected chi connectivity index (χ0v) is 11.1. The van der Waals surface area contributed by atoms with Gasteiger partial charge in [0, 0.05) is 5.69 Å². The first-order valence-corrected chi connectivity index (χ1v) is 6.17. The van der Waals surface area contributed by atoms with E-state index in [0.717, 1.165) is 4.90 Å². The molecular formula is C14H11ClN2O3. The van der Waals surface area contributed by atoms with Crippen LogP contribution in [0.2, 0.25) is 5.15 Å². The van der Waals surface area contributed by atoms with Crippen LogP contribution < -0.4 is 4.90 Å². The third-order valence-corrected chi connectivity index (χ3v) is 2.75. The second-order valence-electron chi connectivity index (χ2n) is 3.97. The summed E-state index contributed by atoms with van der Waals surface area (Å²) >= 11 is 5.75. The standard InChI is InChI=1S/C14H11ClN2O3/c15-12-8-4-7-11(16-12)14(20)17(9-13(18)19)10-5-2-1-3-6-10/h1-8H,9H2,(H,18,19). The summed E-state index contributed by atoms with van der Waals surface area (Å²) in [6.45, 7) is -0.447. The summed E-state index contributed by atoms with van der Waals surface area (Å²) in [5, 5.41) is 9.14. The van der Waals surface area contributed by atoms with Crippen molar-refractivity contribution >= 4 is 29.2 Å². The second-order valence-corrected chi connectivity index (χ2v) is 4.35. The minimum atomic E-state index is -1.11. The number of carboxylic acids is 1. The number of pyridine rings is 1. The first-order valence-electron chi connectivity index (χ1n) is 5.79. The Morgan fingerprint density at radius 2 is 1.80 bits per heavy atom. The van der Waals surface area contributed by atoms with Gasteiger partial charge in [-0.25, -0.2) is 4.98 Å². The number of hydrogen-bond donors (Lipinski definition) is 1. The lowest BCUT2D eigenvalue weighted by atomic mass is 10.2. The van der Waals surface area contributed by atoms with Gasteiger partial charge in [-0.15, -0.1) is 0 Å². The van der Waals surface area contributed by atoms with E-state index in [1.165, 1.54) is 6.07 Å². The molecule has 0 saturated carbocycles. The molecule has 20 heavy (non-hydrogen) atoms. The van der Waals surface area contributed by atoms with Gasteiger partial charge in [0.05, 0.1) is 0 Å². The van der Waals surface area contributed by atoms with Crippen LogP contribution in [0.1, 0.15) is 10.5 Å². The largest absolute Gasteiger partial charge is 0.480 e. The molecule has 0 spiro atoms. The number of carboxylic acid groups (broad SMARTS) is 1. The monoisotopic (exact) mass is 290 g/mol. The van der Waals surface area contributed by atoms with Gasteiger partial charge >= 0.3 is 5.97 Å². The van der Waals surface area contributed by atoms with Gasteiger partial charge in [-0.2, -0.15) is 0 Å². The molecule has 1 N–H and O–H groups in total. The fourth-order valence-electron chi connectivity index (χ4n) is 1.69. The van der Waals surface area contributed by atoms with Crippen LogP contribution in [-0.4, -0.2) is 28.5 Å². The van der Waals surface area contributed by atoms with Gasteiger partial charge in [-0.05, 0) is 24.3 Å². The molecule has 2 rings (SSSR count). The quantitative estimate of drug-likeness (QED) is 0.878. The number of anilines is 1. The van der Waals surface area contributed by atoms with Crippen LogP contribution >= 0.6 is 11.6 Å². The van der Waals surface area contributed by atoms with Crippen LogP contribution in [0.15, 0.2) is 48.5 Å². The van der Waals surface area contributed by atoms with Crippen molar-refractivity contribution in [1.82, 2.24) is 4.98 Å². The van der Waals surface area contributed by atoms with E-state index in [-0.39, 0.29) is 10.8 Å². The van der Waals surface area contributed by atoms with Crippen molar-refractivity contribution in [1.29, 1.82) is 0 Å². The fourth-order valence-corrected chi connectivity index (χ4v) is 1.85. The van der Waals surface area contributed by atoms with Crippen molar-refractivity contribution in [3.05, 3.63) is 59.4 Å². The number of rotatable bonds is 4. The molecule has 0 atom stereocenters. The molecule has 0 radical (unpaired) electrons. The van der Waals surface area contributed by atoms with Crippen molar-refractivity contribution in [3.63, 3.8) is 0 Å². The summed E-state index contributed by atoms with van der Waals surface area (Å²) in [7, 11) is 0. The van der Waals surface area contributed by atoms with Gasteiger partial charge in [0.25, 0.3) is 5.91 Å². The first kappa shape index (κ1) is 14.0. The van der Waals surface area contributed by atoms with Crippen molar-refractivity contribution in [2.24, 2.45) is 0 Å². The summed E-state index contributed by atoms with van der Waals surface area (Å²) < 4.78 is 0. The summed E-state index contributed by atoms with van der Waals surface area (Å²) in [5.41, 5.74) is 0.587. The molecule has 0 unspecified atom stereocenters. The lowest BCUT2D eigenvalue weighted by molar-refractivity contribution is -0.135. The lowest BCUT2D eigenvalue weighted by Crippen LogP contribution is -2.36. The van der Waals surface area contributed by atoms with Crippen LogP contribution in [0.5, 0.6) is 0 Å². The Labute approximate surface area is 120 Å². The lowest BCUT2D eigenvalue weighted by Gasteiger charge is -2.20. The Kier molecular flexibility index (Phi) is 4.32. The van der Waals surface area contributed by atoms with Crippen LogP contribution in [-0.2, 0) is 4.79 Å². The molecule has 0 bridgehead atoms. The van der Waals surface area contributed by atoms with Gasteiger partial charge in [0.1, 0.15) is 17.4 Å². The minimum Gasteiger partial charge on any atom is -0.480 e. The number of carbonyl (C=O) groups is 2. The molecule has 1 amide bonds. The Morgan fingerprint density at radius 1 is 1.10 bits per heavy atom.